The van der Waals surface area contributed by atoms with Gasteiger partial charge in [-0.1, -0.05) is 0 Å². The molecule has 3 N–H and O–H groups in total. The molecule has 8 rings (SSSR count). The Kier molecular flexibility index (Phi) is 12.8. The lowest BCUT2D eigenvalue weighted by molar-refractivity contribution is -0.143. The van der Waals surface area contributed by atoms with Crippen LogP contribution in [0.3, 0.4) is 0 Å². The third-order valence-corrected chi connectivity index (χ3v) is 10.3. The maximum atomic E-state index is 11.9. The number of aromatic nitrogens is 6. The molecule has 0 aromatic carbocycles. The van der Waals surface area contributed by atoms with E-state index in [1.165, 1.54) is 15.0 Å². The highest BCUT2D eigenvalue weighted by atomic mass is 127. The predicted molar refractivity (Wildman–Crippen MR) is 197 cm³/mol. The molecule has 0 spiro atoms. The maximum Gasteiger partial charge on any atom is 0.394 e. The van der Waals surface area contributed by atoms with E-state index in [1.807, 2.05) is 33.9 Å². The molecule has 2 fully saturated rings. The fourth-order valence-electron chi connectivity index (χ4n) is 5.99. The first-order valence-corrected chi connectivity index (χ1v) is 18.2. The van der Waals surface area contributed by atoms with Crippen molar-refractivity contribution >= 4 is 47.1 Å². The van der Waals surface area contributed by atoms with Crippen molar-refractivity contribution in [2.24, 2.45) is 17.8 Å². The number of hydrogen-bond acceptors (Lipinski definition) is 6. The maximum absolute atomic E-state index is 11.9. The molecule has 0 saturated heterocycles. The summed E-state index contributed by atoms with van der Waals surface area (Å²) in [6.07, 6.45) is 30.1. The summed E-state index contributed by atoms with van der Waals surface area (Å²) in [6.45, 7) is 1.59. The van der Waals surface area contributed by atoms with Crippen molar-refractivity contribution in [2.75, 3.05) is 0 Å². The Labute approximate surface area is 307 Å². The van der Waals surface area contributed by atoms with Crippen LogP contribution in [0.5, 0.6) is 0 Å². The molecule has 260 valence electrons. The van der Waals surface area contributed by atoms with Crippen LogP contribution in [0.15, 0.2) is 30.7 Å². The molecule has 0 bridgehead atoms. The lowest BCUT2D eigenvalue weighted by Crippen LogP contribution is -2.37. The van der Waals surface area contributed by atoms with Gasteiger partial charge < -0.3 is 15.7 Å². The molecule has 2 saturated carbocycles. The summed E-state index contributed by atoms with van der Waals surface area (Å²) in [5.74, 6) is 6.40. The standard InChI is InChI=1S/C11H14IN3O.C11H15N3O.C8H10N2O2.C6H3B/c12-9-5-13-15-6-7(1-4-10(9)15)11(16)14-8-2-3-8;15-11(13-9-2-3-9)8-1-4-10-5-6-12-14(10)7-8;11-8(12)6-1-2-7-3-4-9-10(7)5-6;1-4-7(5-2)6-3/h5,7-8H,1-4,6H2,(H,14,16);5-6,8-9H,1-4,7H2,(H,13,15);3-4,6H,1-2,5H2,(H,11,12);1-3H. The number of aryl methyl sites for hydroxylation is 2. The lowest BCUT2D eigenvalue weighted by atomic mass is 9.53. The average Bonchev–Trinajstić information content (AvgIpc) is 3.98. The molecule has 50 heavy (non-hydrogen) atoms. The Bertz CT molecular complexity index is 1750. The molecular weight excluding hydrogens is 746 g/mol. The zero-order valence-electron chi connectivity index (χ0n) is 28.0. The fraction of sp³-hybridized carbons (Fsp3) is 0.500. The summed E-state index contributed by atoms with van der Waals surface area (Å²) >= 11 is 2.31. The van der Waals surface area contributed by atoms with Crippen LogP contribution >= 0.6 is 22.6 Å². The first-order valence-electron chi connectivity index (χ1n) is 17.1. The van der Waals surface area contributed by atoms with E-state index in [4.69, 9.17) is 24.4 Å². The van der Waals surface area contributed by atoms with E-state index in [-0.39, 0.29) is 29.6 Å². The van der Waals surface area contributed by atoms with E-state index < -0.39 is 12.7 Å². The van der Waals surface area contributed by atoms with Gasteiger partial charge in [-0.2, -0.15) is 15.3 Å². The van der Waals surface area contributed by atoms with Crippen molar-refractivity contribution < 1.29 is 19.5 Å². The van der Waals surface area contributed by atoms with Crippen LogP contribution in [0.2, 0.25) is 0 Å². The van der Waals surface area contributed by atoms with Gasteiger partial charge in [-0.3, -0.25) is 28.4 Å². The lowest BCUT2D eigenvalue weighted by Gasteiger charge is -2.23. The monoisotopic (exact) mass is 788 g/mol. The molecule has 2 aliphatic carbocycles. The third kappa shape index (κ3) is 10.3. The van der Waals surface area contributed by atoms with Crippen molar-refractivity contribution in [1.82, 2.24) is 40.0 Å². The normalized spacial score (nSPS) is 21.0. The summed E-state index contributed by atoms with van der Waals surface area (Å²) in [6, 6.07) is 4.91. The van der Waals surface area contributed by atoms with Crippen molar-refractivity contribution in [3.63, 3.8) is 0 Å². The third-order valence-electron chi connectivity index (χ3n) is 9.35. The van der Waals surface area contributed by atoms with Gasteiger partial charge in [0.15, 0.2) is 0 Å². The molecule has 14 heteroatoms. The molecule has 3 unspecified atom stereocenters. The van der Waals surface area contributed by atoms with Crippen molar-refractivity contribution in [2.45, 2.75) is 95.9 Å². The summed E-state index contributed by atoms with van der Waals surface area (Å²) in [4.78, 5) is 34.4. The Balaban J connectivity index is 0.000000135. The van der Waals surface area contributed by atoms with Crippen molar-refractivity contribution in [3.05, 3.63) is 51.4 Å². The zero-order chi connectivity index (χ0) is 35.6. The second-order valence-corrected chi connectivity index (χ2v) is 14.3. The van der Waals surface area contributed by atoms with E-state index >= 15 is 0 Å². The Morgan fingerprint density at radius 2 is 1.18 bits per heavy atom. The summed E-state index contributed by atoms with van der Waals surface area (Å²) in [5.41, 5.74) is 3.69. The number of nitrogens with zero attached hydrogens (tertiary/aromatic N) is 6. The second-order valence-electron chi connectivity index (χ2n) is 13.2. The number of carboxylic acids is 1. The fourth-order valence-corrected chi connectivity index (χ4v) is 6.66. The zero-order valence-corrected chi connectivity index (χ0v) is 30.2. The van der Waals surface area contributed by atoms with Gasteiger partial charge >= 0.3 is 12.7 Å². The Hall–Kier alpha value is -4.49. The molecule has 3 aliphatic heterocycles. The molecule has 3 aromatic heterocycles. The van der Waals surface area contributed by atoms with E-state index in [2.05, 4.69) is 66.0 Å². The Morgan fingerprint density at radius 3 is 1.64 bits per heavy atom. The minimum Gasteiger partial charge on any atom is -0.481 e. The number of rotatable bonds is 5. The molecule has 5 aliphatic rings. The number of terminal acetylenes is 3. The first-order chi connectivity index (χ1) is 24.2. The topological polar surface area (TPSA) is 149 Å². The molecule has 3 aromatic rings. The van der Waals surface area contributed by atoms with E-state index in [9.17, 15) is 14.4 Å². The van der Waals surface area contributed by atoms with Crippen molar-refractivity contribution in [1.29, 1.82) is 0 Å². The molecular formula is C36H42BIN8O4. The van der Waals surface area contributed by atoms with Crippen LogP contribution in [0, 0.1) is 58.1 Å². The largest absolute Gasteiger partial charge is 0.481 e. The molecule has 12 nitrogen and oxygen atoms in total. The number of carbonyl (C=O) groups excluding carboxylic acids is 2. The first kappa shape index (κ1) is 36.8. The van der Waals surface area contributed by atoms with Gasteiger partial charge in [-0.05, 0) is 98.9 Å². The summed E-state index contributed by atoms with van der Waals surface area (Å²) in [7, 11) is 0. The smallest absolute Gasteiger partial charge is 0.394 e. The molecule has 3 atom stereocenters. The Morgan fingerprint density at radius 1 is 0.720 bits per heavy atom. The average molecular weight is 788 g/mol. The van der Waals surface area contributed by atoms with Gasteiger partial charge in [0.25, 0.3) is 0 Å². The minimum atomic E-state index is -0.712. The quantitative estimate of drug-likeness (QED) is 0.205. The van der Waals surface area contributed by atoms with E-state index in [1.54, 1.807) is 10.9 Å². The van der Waals surface area contributed by atoms with E-state index in [0.29, 0.717) is 18.6 Å². The number of hydrogen-bond donors (Lipinski definition) is 3. The van der Waals surface area contributed by atoms with Crippen LogP contribution in [-0.4, -0.2) is 71.0 Å². The molecule has 2 amide bonds. The minimum absolute atomic E-state index is 0.115. The van der Waals surface area contributed by atoms with Crippen LogP contribution in [-0.2, 0) is 53.3 Å². The summed E-state index contributed by atoms with van der Waals surface area (Å²) < 4.78 is 6.95. The molecule has 0 radical (unpaired) electrons. The summed E-state index contributed by atoms with van der Waals surface area (Å²) in [5, 5.41) is 27.5. The highest BCUT2D eigenvalue weighted by molar-refractivity contribution is 14.1. The highest BCUT2D eigenvalue weighted by Crippen LogP contribution is 2.26. The number of nitrogens with one attached hydrogen (secondary N) is 2. The van der Waals surface area contributed by atoms with Crippen LogP contribution in [0.25, 0.3) is 0 Å². The number of carbonyl (C=O) groups is 3. The van der Waals surface area contributed by atoms with Crippen molar-refractivity contribution in [3.8, 4) is 36.7 Å². The van der Waals surface area contributed by atoms with Gasteiger partial charge in [0, 0.05) is 35.9 Å². The van der Waals surface area contributed by atoms with Gasteiger partial charge in [0.1, 0.15) is 0 Å². The van der Waals surface area contributed by atoms with Gasteiger partial charge in [0.05, 0.1) is 52.8 Å². The number of aliphatic carboxylic acids is 1. The second kappa shape index (κ2) is 17.4. The van der Waals surface area contributed by atoms with Crippen LogP contribution < -0.4 is 10.6 Å². The number of carboxylic acid groups (broad SMARTS) is 1. The van der Waals surface area contributed by atoms with E-state index in [0.717, 1.165) is 83.0 Å². The molecule has 6 heterocycles. The number of amides is 2. The van der Waals surface area contributed by atoms with Crippen LogP contribution in [0.1, 0.15) is 62.0 Å². The highest BCUT2D eigenvalue weighted by Gasteiger charge is 2.31. The SMILES string of the molecule is C#CB(C#C)C#C.O=C(NC1CC1)C1CCc2c(I)cnn2C1.O=C(NC1CC1)C1CCc2ccnn2C1.O=C(O)C1CCc2ccnn2C1. The van der Waals surface area contributed by atoms with Crippen LogP contribution in [0.4, 0.5) is 0 Å². The predicted octanol–water partition coefficient (Wildman–Crippen LogP) is 2.58. The van der Waals surface area contributed by atoms with Gasteiger partial charge in [-0.25, -0.2) is 0 Å². The van der Waals surface area contributed by atoms with Gasteiger partial charge in [0.2, 0.25) is 11.8 Å². The van der Waals surface area contributed by atoms with Gasteiger partial charge in [-0.15, -0.1) is 36.7 Å². The number of fused-ring (bicyclic) bond motifs is 3. The number of halogens is 1.